The molecule has 174 valence electrons. The lowest BCUT2D eigenvalue weighted by atomic mass is 9.95. The lowest BCUT2D eigenvalue weighted by Crippen LogP contribution is -2.47. The summed E-state index contributed by atoms with van der Waals surface area (Å²) in [5, 5.41) is 5.30. The fraction of sp³-hybridized carbons (Fsp3) is 0.292. The molecule has 1 atom stereocenters. The van der Waals surface area contributed by atoms with Crippen LogP contribution in [0.15, 0.2) is 59.8 Å². The van der Waals surface area contributed by atoms with Gasteiger partial charge in [-0.1, -0.05) is 24.3 Å². The van der Waals surface area contributed by atoms with Crippen molar-refractivity contribution in [2.75, 3.05) is 27.4 Å². The van der Waals surface area contributed by atoms with Crippen molar-refractivity contribution in [3.8, 4) is 5.75 Å². The van der Waals surface area contributed by atoms with Crippen molar-refractivity contribution in [3.63, 3.8) is 0 Å². The van der Waals surface area contributed by atoms with Gasteiger partial charge in [-0.05, 0) is 42.3 Å². The standard InChI is InChI=1S/C24H26N2O7/c1-4-32-23(28)20-19(14-33-22(27)17-7-5-15(6-8-17)13-30-2)25-24(29)26-21(20)16-9-11-18(31-3)12-10-16/h5-12,21H,4,13-14H2,1-3H3,(H2,25,26,29). The van der Waals surface area contributed by atoms with Crippen LogP contribution in [-0.4, -0.2) is 45.4 Å². The van der Waals surface area contributed by atoms with E-state index in [9.17, 15) is 14.4 Å². The summed E-state index contributed by atoms with van der Waals surface area (Å²) in [7, 11) is 3.13. The molecule has 1 aliphatic rings. The minimum absolute atomic E-state index is 0.145. The zero-order valence-electron chi connectivity index (χ0n) is 18.7. The van der Waals surface area contributed by atoms with E-state index in [0.29, 0.717) is 23.5 Å². The van der Waals surface area contributed by atoms with Crippen molar-refractivity contribution in [1.29, 1.82) is 0 Å². The average molecular weight is 454 g/mol. The van der Waals surface area contributed by atoms with Gasteiger partial charge in [-0.25, -0.2) is 14.4 Å². The molecule has 0 aliphatic carbocycles. The van der Waals surface area contributed by atoms with Gasteiger partial charge < -0.3 is 29.6 Å². The van der Waals surface area contributed by atoms with Crippen molar-refractivity contribution in [2.24, 2.45) is 0 Å². The highest BCUT2D eigenvalue weighted by Crippen LogP contribution is 2.29. The summed E-state index contributed by atoms with van der Waals surface area (Å²) >= 11 is 0. The maximum Gasteiger partial charge on any atom is 0.338 e. The van der Waals surface area contributed by atoms with E-state index in [1.165, 1.54) is 0 Å². The topological polar surface area (TPSA) is 112 Å². The summed E-state index contributed by atoms with van der Waals surface area (Å²) in [4.78, 5) is 37.6. The van der Waals surface area contributed by atoms with Crippen LogP contribution in [0.5, 0.6) is 5.75 Å². The van der Waals surface area contributed by atoms with E-state index in [1.54, 1.807) is 69.7 Å². The second-order valence-corrected chi connectivity index (χ2v) is 7.12. The van der Waals surface area contributed by atoms with E-state index in [4.69, 9.17) is 18.9 Å². The number of carbonyl (C=O) groups is 3. The number of urea groups is 1. The van der Waals surface area contributed by atoms with Gasteiger partial charge in [-0.2, -0.15) is 0 Å². The quantitative estimate of drug-likeness (QED) is 0.560. The third-order valence-electron chi connectivity index (χ3n) is 4.95. The van der Waals surface area contributed by atoms with Crippen LogP contribution in [0, 0.1) is 0 Å². The van der Waals surface area contributed by atoms with Crippen molar-refractivity contribution in [3.05, 3.63) is 76.5 Å². The molecule has 1 unspecified atom stereocenters. The molecule has 2 aromatic carbocycles. The Hall–Kier alpha value is -3.85. The molecule has 3 rings (SSSR count). The molecule has 9 nitrogen and oxygen atoms in total. The van der Waals surface area contributed by atoms with E-state index in [0.717, 1.165) is 5.56 Å². The molecule has 0 spiro atoms. The summed E-state index contributed by atoms with van der Waals surface area (Å²) in [6.45, 7) is 1.94. The third kappa shape index (κ3) is 5.89. The highest BCUT2D eigenvalue weighted by atomic mass is 16.5. The molecule has 33 heavy (non-hydrogen) atoms. The minimum atomic E-state index is -0.786. The summed E-state index contributed by atoms with van der Waals surface area (Å²) < 4.78 is 20.8. The number of rotatable bonds is 9. The maximum atomic E-state index is 12.8. The summed E-state index contributed by atoms with van der Waals surface area (Å²) in [6, 6.07) is 12.4. The highest BCUT2D eigenvalue weighted by molar-refractivity contribution is 5.95. The Morgan fingerprint density at radius 1 is 0.909 bits per heavy atom. The minimum Gasteiger partial charge on any atom is -0.497 e. The van der Waals surface area contributed by atoms with E-state index in [1.807, 2.05) is 0 Å². The maximum absolute atomic E-state index is 12.8. The number of hydrogen-bond donors (Lipinski definition) is 2. The largest absolute Gasteiger partial charge is 0.497 e. The Balaban J connectivity index is 1.86. The monoisotopic (exact) mass is 454 g/mol. The van der Waals surface area contributed by atoms with Gasteiger partial charge in [0.15, 0.2) is 0 Å². The van der Waals surface area contributed by atoms with Gasteiger partial charge in [-0.3, -0.25) is 0 Å². The van der Waals surface area contributed by atoms with Crippen LogP contribution in [-0.2, 0) is 25.6 Å². The van der Waals surface area contributed by atoms with Crippen LogP contribution in [0.3, 0.4) is 0 Å². The van der Waals surface area contributed by atoms with E-state index < -0.39 is 24.0 Å². The molecule has 2 N–H and O–H groups in total. The molecule has 0 radical (unpaired) electrons. The highest BCUT2D eigenvalue weighted by Gasteiger charge is 2.34. The second kappa shape index (κ2) is 11.1. The lowest BCUT2D eigenvalue weighted by Gasteiger charge is -2.29. The number of carbonyl (C=O) groups excluding carboxylic acids is 3. The van der Waals surface area contributed by atoms with Gasteiger partial charge in [0.25, 0.3) is 0 Å². The summed E-state index contributed by atoms with van der Waals surface area (Å²) in [5.74, 6) is -0.587. The van der Waals surface area contributed by atoms with Gasteiger partial charge >= 0.3 is 18.0 Å². The number of methoxy groups -OCH3 is 2. The number of ether oxygens (including phenoxy) is 4. The Morgan fingerprint density at radius 2 is 1.61 bits per heavy atom. The molecule has 1 aliphatic heterocycles. The van der Waals surface area contributed by atoms with E-state index >= 15 is 0 Å². The molecular formula is C24H26N2O7. The van der Waals surface area contributed by atoms with E-state index in [-0.39, 0.29) is 24.5 Å². The fourth-order valence-electron chi connectivity index (χ4n) is 3.35. The first kappa shape index (κ1) is 23.8. The predicted octanol–water partition coefficient (Wildman–Crippen LogP) is 2.87. The van der Waals surface area contributed by atoms with Crippen LogP contribution >= 0.6 is 0 Å². The first-order valence-corrected chi connectivity index (χ1v) is 10.3. The Labute approximate surface area is 191 Å². The molecule has 0 bridgehead atoms. The van der Waals surface area contributed by atoms with Crippen molar-refractivity contribution in [2.45, 2.75) is 19.6 Å². The number of hydrogen-bond acceptors (Lipinski definition) is 7. The van der Waals surface area contributed by atoms with Crippen LogP contribution in [0.25, 0.3) is 0 Å². The first-order valence-electron chi connectivity index (χ1n) is 10.3. The van der Waals surface area contributed by atoms with E-state index in [2.05, 4.69) is 10.6 Å². The third-order valence-corrected chi connectivity index (χ3v) is 4.95. The van der Waals surface area contributed by atoms with Crippen LogP contribution < -0.4 is 15.4 Å². The molecule has 0 saturated heterocycles. The molecular weight excluding hydrogens is 428 g/mol. The second-order valence-electron chi connectivity index (χ2n) is 7.12. The normalized spacial score (nSPS) is 15.4. The van der Waals surface area contributed by atoms with Gasteiger partial charge in [0, 0.05) is 7.11 Å². The van der Waals surface area contributed by atoms with Crippen LogP contribution in [0.4, 0.5) is 4.79 Å². The molecule has 0 fully saturated rings. The average Bonchev–Trinajstić information content (AvgIpc) is 2.83. The van der Waals surface area contributed by atoms with Crippen LogP contribution in [0.2, 0.25) is 0 Å². The van der Waals surface area contributed by atoms with Gasteiger partial charge in [0.2, 0.25) is 0 Å². The molecule has 0 aromatic heterocycles. The number of benzene rings is 2. The zero-order chi connectivity index (χ0) is 23.8. The number of esters is 2. The zero-order valence-corrected chi connectivity index (χ0v) is 18.7. The molecule has 9 heteroatoms. The van der Waals surface area contributed by atoms with Crippen molar-refractivity contribution < 1.29 is 33.3 Å². The Kier molecular flexibility index (Phi) is 8.04. The molecule has 2 aromatic rings. The SMILES string of the molecule is CCOC(=O)C1=C(COC(=O)c2ccc(COC)cc2)NC(=O)NC1c1ccc(OC)cc1. The smallest absolute Gasteiger partial charge is 0.338 e. The lowest BCUT2D eigenvalue weighted by molar-refractivity contribution is -0.139. The summed E-state index contributed by atoms with van der Waals surface area (Å²) in [5.41, 5.74) is 2.20. The van der Waals surface area contributed by atoms with Crippen molar-refractivity contribution in [1.82, 2.24) is 10.6 Å². The summed E-state index contributed by atoms with van der Waals surface area (Å²) in [6.07, 6.45) is 0. The molecule has 1 heterocycles. The number of nitrogens with one attached hydrogen (secondary N) is 2. The Morgan fingerprint density at radius 3 is 2.21 bits per heavy atom. The molecule has 2 amide bonds. The van der Waals surface area contributed by atoms with Crippen molar-refractivity contribution >= 4 is 18.0 Å². The Bertz CT molecular complexity index is 1030. The first-order chi connectivity index (χ1) is 16.0. The fourth-order valence-corrected chi connectivity index (χ4v) is 3.35. The van der Waals surface area contributed by atoms with Gasteiger partial charge in [0.1, 0.15) is 12.4 Å². The van der Waals surface area contributed by atoms with Gasteiger partial charge in [0.05, 0.1) is 43.2 Å². The van der Waals surface area contributed by atoms with Gasteiger partial charge in [-0.15, -0.1) is 0 Å². The number of amides is 2. The van der Waals surface area contributed by atoms with Crippen LogP contribution in [0.1, 0.15) is 34.5 Å². The molecule has 0 saturated carbocycles. The predicted molar refractivity (Wildman–Crippen MR) is 118 cm³/mol.